The van der Waals surface area contributed by atoms with Gasteiger partial charge < -0.3 is 15.3 Å². The lowest BCUT2D eigenvalue weighted by Gasteiger charge is -2.60. The lowest BCUT2D eigenvalue weighted by molar-refractivity contribution is -0.179. The molecule has 9 atom stereocenters. The predicted molar refractivity (Wildman–Crippen MR) is 85.5 cm³/mol. The molecule has 4 aliphatic carbocycles. The zero-order valence-electron chi connectivity index (χ0n) is 14.2. The maximum atomic E-state index is 13.1. The summed E-state index contributed by atoms with van der Waals surface area (Å²) >= 11 is 0. The molecule has 0 bridgehead atoms. The van der Waals surface area contributed by atoms with Crippen molar-refractivity contribution in [1.82, 2.24) is 0 Å². The molecule has 4 fully saturated rings. The van der Waals surface area contributed by atoms with E-state index in [9.17, 15) is 20.1 Å². The number of aliphatic hydroxyl groups is 3. The van der Waals surface area contributed by atoms with Crippen LogP contribution in [0.1, 0.15) is 58.8 Å². The average molecular weight is 322 g/mol. The van der Waals surface area contributed by atoms with Crippen LogP contribution in [0.3, 0.4) is 0 Å². The molecule has 0 saturated heterocycles. The highest BCUT2D eigenvalue weighted by molar-refractivity contribution is 5.84. The first-order valence-corrected chi connectivity index (χ1v) is 9.31. The summed E-state index contributed by atoms with van der Waals surface area (Å²) in [7, 11) is 0. The molecule has 0 aliphatic heterocycles. The van der Waals surface area contributed by atoms with Gasteiger partial charge in [0.05, 0.1) is 18.3 Å². The molecule has 130 valence electrons. The predicted octanol–water partition coefficient (Wildman–Crippen LogP) is 1.90. The Balaban J connectivity index is 1.73. The Morgan fingerprint density at radius 3 is 2.52 bits per heavy atom. The molecule has 0 radical (unpaired) electrons. The molecule has 0 unspecified atom stereocenters. The third-order valence-electron chi connectivity index (χ3n) is 8.08. The summed E-state index contributed by atoms with van der Waals surface area (Å²) in [5.41, 5.74) is -0.231. The summed E-state index contributed by atoms with van der Waals surface area (Å²) < 4.78 is 0. The summed E-state index contributed by atoms with van der Waals surface area (Å²) in [5.74, 6) is 0.689. The van der Waals surface area contributed by atoms with Crippen LogP contribution in [0.2, 0.25) is 0 Å². The maximum Gasteiger partial charge on any atom is 0.137 e. The van der Waals surface area contributed by atoms with E-state index in [4.69, 9.17) is 0 Å². The van der Waals surface area contributed by atoms with Gasteiger partial charge in [-0.25, -0.2) is 0 Å². The average Bonchev–Trinajstić information content (AvgIpc) is 2.74. The van der Waals surface area contributed by atoms with Crippen molar-refractivity contribution in [2.24, 2.45) is 34.5 Å². The number of Topliss-reactive ketones (excluding diaryl/α,β-unsaturated/α-hetero) is 1. The quantitative estimate of drug-likeness (QED) is 0.636. The molecular weight excluding hydrogens is 292 g/mol. The number of rotatable bonds is 0. The topological polar surface area (TPSA) is 77.8 Å². The van der Waals surface area contributed by atoms with Crippen molar-refractivity contribution in [3.63, 3.8) is 0 Å². The number of aliphatic hydroxyl groups excluding tert-OH is 3. The number of ketones is 1. The van der Waals surface area contributed by atoms with Gasteiger partial charge in [-0.15, -0.1) is 0 Å². The summed E-state index contributed by atoms with van der Waals surface area (Å²) in [6, 6.07) is 0. The summed E-state index contributed by atoms with van der Waals surface area (Å²) in [6.45, 7) is 4.35. The largest absolute Gasteiger partial charge is 0.393 e. The van der Waals surface area contributed by atoms with Crippen LogP contribution in [0.25, 0.3) is 0 Å². The smallest absolute Gasteiger partial charge is 0.137 e. The second-order valence-corrected chi connectivity index (χ2v) is 9.49. The Kier molecular flexibility index (Phi) is 3.51. The molecule has 3 N–H and O–H groups in total. The highest BCUT2D eigenvalue weighted by atomic mass is 16.3. The Labute approximate surface area is 138 Å². The third kappa shape index (κ3) is 2.17. The van der Waals surface area contributed by atoms with E-state index in [0.29, 0.717) is 31.5 Å². The number of carbonyl (C=O) groups is 1. The number of carbonyl (C=O) groups excluding carboxylic acids is 1. The summed E-state index contributed by atoms with van der Waals surface area (Å²) in [6.07, 6.45) is 3.95. The normalized spacial score (nSPS) is 59.2. The number of fused-ring (bicyclic) bond motifs is 5. The van der Waals surface area contributed by atoms with Gasteiger partial charge in [0.2, 0.25) is 0 Å². The van der Waals surface area contributed by atoms with Crippen LogP contribution < -0.4 is 0 Å². The molecule has 4 rings (SSSR count). The second kappa shape index (κ2) is 5.03. The van der Waals surface area contributed by atoms with E-state index < -0.39 is 6.10 Å². The van der Waals surface area contributed by atoms with E-state index in [-0.39, 0.29) is 46.7 Å². The van der Waals surface area contributed by atoms with Crippen molar-refractivity contribution in [2.45, 2.75) is 77.1 Å². The minimum atomic E-state index is -0.470. The lowest BCUT2D eigenvalue weighted by Crippen LogP contribution is -2.61. The zero-order valence-corrected chi connectivity index (χ0v) is 14.2. The summed E-state index contributed by atoms with van der Waals surface area (Å²) in [5, 5.41) is 31.1. The third-order valence-corrected chi connectivity index (χ3v) is 8.08. The molecule has 0 spiro atoms. The highest BCUT2D eigenvalue weighted by Crippen LogP contribution is 2.65. The van der Waals surface area contributed by atoms with Crippen molar-refractivity contribution < 1.29 is 20.1 Å². The summed E-state index contributed by atoms with van der Waals surface area (Å²) in [4.78, 5) is 13.1. The Bertz CT molecular complexity index is 519. The molecule has 23 heavy (non-hydrogen) atoms. The van der Waals surface area contributed by atoms with E-state index in [1.807, 2.05) is 0 Å². The van der Waals surface area contributed by atoms with Gasteiger partial charge in [0.25, 0.3) is 0 Å². The Hall–Kier alpha value is -0.450. The first-order chi connectivity index (χ1) is 10.7. The monoisotopic (exact) mass is 322 g/mol. The van der Waals surface area contributed by atoms with Gasteiger partial charge in [-0.1, -0.05) is 13.8 Å². The molecule has 4 heteroatoms. The lowest BCUT2D eigenvalue weighted by atomic mass is 9.44. The Morgan fingerprint density at radius 2 is 1.78 bits per heavy atom. The standard InChI is InChI=1S/C19H30O4/c1-18-8-12(21)7-13(18)16-14(22)6-10-5-11(20)3-4-19(10,2)17(16)15(23)9-18/h10-14,16-17,20-22H,3-9H2,1-2H3/t10-,11+,12-,13+,14-,16-,17+,18+,19+/m1/s1. The molecule has 0 aromatic rings. The molecular formula is C19H30O4. The van der Waals surface area contributed by atoms with Crippen molar-refractivity contribution in [3.05, 3.63) is 0 Å². The minimum Gasteiger partial charge on any atom is -0.393 e. The minimum absolute atomic E-state index is 0.00473. The molecule has 4 saturated carbocycles. The number of hydrogen-bond donors (Lipinski definition) is 3. The fourth-order valence-corrected chi connectivity index (χ4v) is 7.05. The highest BCUT2D eigenvalue weighted by Gasteiger charge is 2.64. The van der Waals surface area contributed by atoms with Gasteiger partial charge in [-0.3, -0.25) is 4.79 Å². The van der Waals surface area contributed by atoms with Gasteiger partial charge in [-0.05, 0) is 67.1 Å². The van der Waals surface area contributed by atoms with Gasteiger partial charge >= 0.3 is 0 Å². The first kappa shape index (κ1) is 16.0. The first-order valence-electron chi connectivity index (χ1n) is 9.31. The van der Waals surface area contributed by atoms with Gasteiger partial charge in [0.15, 0.2) is 0 Å². The van der Waals surface area contributed by atoms with Crippen molar-refractivity contribution >= 4 is 5.78 Å². The van der Waals surface area contributed by atoms with Crippen LogP contribution in [-0.4, -0.2) is 39.4 Å². The van der Waals surface area contributed by atoms with E-state index in [1.165, 1.54) is 0 Å². The van der Waals surface area contributed by atoms with Crippen LogP contribution in [-0.2, 0) is 4.79 Å². The van der Waals surface area contributed by atoms with Crippen molar-refractivity contribution in [2.75, 3.05) is 0 Å². The Morgan fingerprint density at radius 1 is 1.04 bits per heavy atom. The van der Waals surface area contributed by atoms with Gasteiger partial charge in [0.1, 0.15) is 5.78 Å². The van der Waals surface area contributed by atoms with E-state index in [2.05, 4.69) is 13.8 Å². The second-order valence-electron chi connectivity index (χ2n) is 9.49. The van der Waals surface area contributed by atoms with Crippen LogP contribution >= 0.6 is 0 Å². The molecule has 4 nitrogen and oxygen atoms in total. The fourth-order valence-electron chi connectivity index (χ4n) is 7.05. The van der Waals surface area contributed by atoms with Crippen LogP contribution in [0.15, 0.2) is 0 Å². The fraction of sp³-hybridized carbons (Fsp3) is 0.947. The molecule has 0 heterocycles. The molecule has 0 aromatic heterocycles. The van der Waals surface area contributed by atoms with E-state index >= 15 is 0 Å². The van der Waals surface area contributed by atoms with Gasteiger partial charge in [-0.2, -0.15) is 0 Å². The van der Waals surface area contributed by atoms with Crippen molar-refractivity contribution in [3.8, 4) is 0 Å². The maximum absolute atomic E-state index is 13.1. The van der Waals surface area contributed by atoms with Crippen LogP contribution in [0.5, 0.6) is 0 Å². The molecule has 0 amide bonds. The van der Waals surface area contributed by atoms with E-state index in [0.717, 1.165) is 19.3 Å². The SMILES string of the molecule is C[C@]12CC(=O)[C@H]3[C@@H]([C@H](O)C[C@H]4C[C@@H](O)CC[C@@]43C)[C@@H]1C[C@@H](O)C2. The number of hydrogen-bond acceptors (Lipinski definition) is 4. The van der Waals surface area contributed by atoms with Gasteiger partial charge in [0, 0.05) is 12.3 Å². The van der Waals surface area contributed by atoms with Crippen LogP contribution in [0, 0.1) is 34.5 Å². The molecule has 4 aliphatic rings. The zero-order chi connectivity index (χ0) is 16.6. The molecule has 0 aromatic carbocycles. The van der Waals surface area contributed by atoms with Crippen molar-refractivity contribution in [1.29, 1.82) is 0 Å². The van der Waals surface area contributed by atoms with Crippen LogP contribution in [0.4, 0.5) is 0 Å². The van der Waals surface area contributed by atoms with E-state index in [1.54, 1.807) is 0 Å².